The second-order valence-corrected chi connectivity index (χ2v) is 3.91. The van der Waals surface area contributed by atoms with Gasteiger partial charge in [0.15, 0.2) is 0 Å². The van der Waals surface area contributed by atoms with E-state index in [1.807, 2.05) is 0 Å². The topological polar surface area (TPSA) is 89.5 Å². The first kappa shape index (κ1) is 12.7. The molecule has 7 heteroatoms. The van der Waals surface area contributed by atoms with E-state index in [1.54, 1.807) is 24.5 Å². The maximum Gasteiger partial charge on any atom is 0.333 e. The van der Waals surface area contributed by atoms with Crippen molar-refractivity contribution in [2.24, 2.45) is 19.1 Å². The number of pyridine rings is 1. The molecule has 0 bridgehead atoms. The van der Waals surface area contributed by atoms with Crippen molar-refractivity contribution in [2.75, 3.05) is 0 Å². The van der Waals surface area contributed by atoms with Crippen LogP contribution in [0, 0.1) is 0 Å². The Hall–Kier alpha value is -2.70. The summed E-state index contributed by atoms with van der Waals surface area (Å²) < 4.78 is 1.89. The van der Waals surface area contributed by atoms with Crippen LogP contribution in [0.25, 0.3) is 0 Å². The molecular formula is C12H12N4O3. The Labute approximate surface area is 108 Å². The van der Waals surface area contributed by atoms with Crippen LogP contribution in [0.15, 0.2) is 39.1 Å². The molecule has 0 aromatic carbocycles. The summed E-state index contributed by atoms with van der Waals surface area (Å²) in [5.74, 6) is -0.411. The highest BCUT2D eigenvalue weighted by Crippen LogP contribution is 2.11. The molecule has 0 saturated carbocycles. The molecular weight excluding hydrogens is 248 g/mol. The Balaban J connectivity index is 2.56. The third-order valence-corrected chi connectivity index (χ3v) is 2.67. The Morgan fingerprint density at radius 3 is 2.47 bits per heavy atom. The van der Waals surface area contributed by atoms with Crippen molar-refractivity contribution in [3.05, 3.63) is 50.9 Å². The summed E-state index contributed by atoms with van der Waals surface area (Å²) in [6.07, 6.45) is 4.35. The molecule has 2 heterocycles. The van der Waals surface area contributed by atoms with Gasteiger partial charge in [-0.05, 0) is 12.1 Å². The number of aromatic hydroxyl groups is 1. The van der Waals surface area contributed by atoms with E-state index in [4.69, 9.17) is 0 Å². The minimum absolute atomic E-state index is 0.0404. The lowest BCUT2D eigenvalue weighted by molar-refractivity contribution is 0.410. The van der Waals surface area contributed by atoms with Crippen molar-refractivity contribution in [3.8, 4) is 5.88 Å². The normalized spacial score (nSPS) is 11.1. The average Bonchev–Trinajstić information content (AvgIpc) is 2.44. The molecule has 98 valence electrons. The van der Waals surface area contributed by atoms with Gasteiger partial charge in [0.25, 0.3) is 5.56 Å². The first-order valence-corrected chi connectivity index (χ1v) is 5.45. The molecule has 2 rings (SSSR count). The van der Waals surface area contributed by atoms with E-state index < -0.39 is 17.1 Å². The number of nitrogens with zero attached hydrogens (tertiary/aromatic N) is 4. The molecule has 0 aliphatic heterocycles. The lowest BCUT2D eigenvalue weighted by Gasteiger charge is -2.06. The summed E-state index contributed by atoms with van der Waals surface area (Å²) in [6.45, 7) is 0. The van der Waals surface area contributed by atoms with Gasteiger partial charge >= 0.3 is 5.69 Å². The van der Waals surface area contributed by atoms with Crippen LogP contribution < -0.4 is 11.2 Å². The predicted octanol–water partition coefficient (Wildman–Crippen LogP) is -0.0648. The molecule has 0 saturated heterocycles. The van der Waals surface area contributed by atoms with Gasteiger partial charge in [-0.25, -0.2) is 4.79 Å². The molecule has 0 aliphatic carbocycles. The van der Waals surface area contributed by atoms with Crippen molar-refractivity contribution in [1.82, 2.24) is 14.1 Å². The largest absolute Gasteiger partial charge is 0.494 e. The minimum atomic E-state index is -0.599. The highest BCUT2D eigenvalue weighted by molar-refractivity contribution is 5.83. The van der Waals surface area contributed by atoms with Crippen molar-refractivity contribution in [1.29, 1.82) is 0 Å². The van der Waals surface area contributed by atoms with Crippen LogP contribution in [0.3, 0.4) is 0 Å². The highest BCUT2D eigenvalue weighted by atomic mass is 16.3. The van der Waals surface area contributed by atoms with Crippen molar-refractivity contribution in [3.63, 3.8) is 0 Å². The molecule has 2 aromatic heterocycles. The zero-order chi connectivity index (χ0) is 14.0. The van der Waals surface area contributed by atoms with Gasteiger partial charge in [0, 0.05) is 32.7 Å². The zero-order valence-corrected chi connectivity index (χ0v) is 10.4. The standard InChI is InChI=1S/C12H12N4O3/c1-15-10(17)9(11(18)16(2)12(15)19)7-14-8-3-5-13-6-4-8/h3-7,17H,1-2H3. The predicted molar refractivity (Wildman–Crippen MR) is 70.1 cm³/mol. The van der Waals surface area contributed by atoms with E-state index in [9.17, 15) is 14.7 Å². The second kappa shape index (κ2) is 4.89. The quantitative estimate of drug-likeness (QED) is 0.766. The fourth-order valence-electron chi connectivity index (χ4n) is 1.54. The van der Waals surface area contributed by atoms with Crippen LogP contribution >= 0.6 is 0 Å². The van der Waals surface area contributed by atoms with Crippen LogP contribution in [0.4, 0.5) is 5.69 Å². The molecule has 0 aliphatic rings. The van der Waals surface area contributed by atoms with Crippen molar-refractivity contribution in [2.45, 2.75) is 0 Å². The van der Waals surface area contributed by atoms with Crippen LogP contribution in [0.5, 0.6) is 5.88 Å². The van der Waals surface area contributed by atoms with E-state index >= 15 is 0 Å². The molecule has 0 radical (unpaired) electrons. The van der Waals surface area contributed by atoms with Crippen LogP contribution in [-0.4, -0.2) is 25.4 Å². The Morgan fingerprint density at radius 1 is 1.21 bits per heavy atom. The Morgan fingerprint density at radius 2 is 1.84 bits per heavy atom. The number of hydrogen-bond acceptors (Lipinski definition) is 5. The number of aromatic nitrogens is 3. The second-order valence-electron chi connectivity index (χ2n) is 3.91. The maximum absolute atomic E-state index is 11.9. The molecule has 7 nitrogen and oxygen atoms in total. The molecule has 0 fully saturated rings. The summed E-state index contributed by atoms with van der Waals surface area (Å²) >= 11 is 0. The number of aliphatic imine (C=N–C) groups is 1. The highest BCUT2D eigenvalue weighted by Gasteiger charge is 2.12. The molecule has 0 spiro atoms. The SMILES string of the molecule is Cn1c(O)c(C=Nc2ccncc2)c(=O)n(C)c1=O. The lowest BCUT2D eigenvalue weighted by atomic mass is 10.3. The third-order valence-electron chi connectivity index (χ3n) is 2.67. The van der Waals surface area contributed by atoms with Gasteiger partial charge < -0.3 is 5.11 Å². The minimum Gasteiger partial charge on any atom is -0.494 e. The van der Waals surface area contributed by atoms with Gasteiger partial charge in [-0.2, -0.15) is 0 Å². The van der Waals surface area contributed by atoms with E-state index in [0.717, 1.165) is 9.13 Å². The molecule has 0 unspecified atom stereocenters. The van der Waals surface area contributed by atoms with E-state index in [-0.39, 0.29) is 5.56 Å². The summed E-state index contributed by atoms with van der Waals surface area (Å²) in [7, 11) is 2.72. The summed E-state index contributed by atoms with van der Waals surface area (Å²) in [4.78, 5) is 31.3. The van der Waals surface area contributed by atoms with Crippen LogP contribution in [0.2, 0.25) is 0 Å². The van der Waals surface area contributed by atoms with Gasteiger partial charge in [-0.3, -0.25) is 23.9 Å². The Kier molecular flexibility index (Phi) is 3.28. The van der Waals surface area contributed by atoms with E-state index in [2.05, 4.69) is 9.98 Å². The van der Waals surface area contributed by atoms with Gasteiger partial charge in [0.2, 0.25) is 5.88 Å². The van der Waals surface area contributed by atoms with Gasteiger partial charge in [0.05, 0.1) is 5.69 Å². The van der Waals surface area contributed by atoms with Gasteiger partial charge in [0.1, 0.15) is 5.56 Å². The molecule has 19 heavy (non-hydrogen) atoms. The van der Waals surface area contributed by atoms with Crippen molar-refractivity contribution < 1.29 is 5.11 Å². The molecule has 1 N–H and O–H groups in total. The molecule has 0 amide bonds. The molecule has 0 atom stereocenters. The smallest absolute Gasteiger partial charge is 0.333 e. The van der Waals surface area contributed by atoms with E-state index in [0.29, 0.717) is 5.69 Å². The fraction of sp³-hybridized carbons (Fsp3) is 0.167. The number of rotatable bonds is 2. The van der Waals surface area contributed by atoms with Crippen LogP contribution in [0.1, 0.15) is 5.56 Å². The van der Waals surface area contributed by atoms with Gasteiger partial charge in [-0.15, -0.1) is 0 Å². The van der Waals surface area contributed by atoms with Crippen molar-refractivity contribution >= 4 is 11.9 Å². The summed E-state index contributed by atoms with van der Waals surface area (Å²) in [5, 5.41) is 9.81. The summed E-state index contributed by atoms with van der Waals surface area (Å²) in [5.41, 5.74) is -0.645. The van der Waals surface area contributed by atoms with Gasteiger partial charge in [-0.1, -0.05) is 0 Å². The monoisotopic (exact) mass is 260 g/mol. The van der Waals surface area contributed by atoms with E-state index in [1.165, 1.54) is 20.3 Å². The van der Waals surface area contributed by atoms with Crippen LogP contribution in [-0.2, 0) is 14.1 Å². The third kappa shape index (κ3) is 2.30. The summed E-state index contributed by atoms with van der Waals surface area (Å²) in [6, 6.07) is 3.31. The Bertz CT molecular complexity index is 744. The lowest BCUT2D eigenvalue weighted by Crippen LogP contribution is -2.38. The molecule has 2 aromatic rings. The first-order chi connectivity index (χ1) is 9.02. The maximum atomic E-state index is 11.9. The average molecular weight is 260 g/mol. The first-order valence-electron chi connectivity index (χ1n) is 5.45. The fourth-order valence-corrected chi connectivity index (χ4v) is 1.54. The number of hydrogen-bond donors (Lipinski definition) is 1. The zero-order valence-electron chi connectivity index (χ0n) is 10.4.